The predicted octanol–water partition coefficient (Wildman–Crippen LogP) is 2.90. The van der Waals surface area contributed by atoms with Crippen molar-refractivity contribution in [3.05, 3.63) is 22.4 Å². The fourth-order valence-electron chi connectivity index (χ4n) is 3.02. The van der Waals surface area contributed by atoms with Crippen LogP contribution < -0.4 is 5.32 Å². The van der Waals surface area contributed by atoms with E-state index in [2.05, 4.69) is 47.8 Å². The van der Waals surface area contributed by atoms with Gasteiger partial charge in [0.15, 0.2) is 0 Å². The van der Waals surface area contributed by atoms with Gasteiger partial charge in [0.05, 0.1) is 19.3 Å². The zero-order valence-corrected chi connectivity index (χ0v) is 13.1. The Bertz CT molecular complexity index is 362. The van der Waals surface area contributed by atoms with Crippen LogP contribution in [0.25, 0.3) is 0 Å². The third kappa shape index (κ3) is 3.19. The number of hydrogen-bond acceptors (Lipinski definition) is 4. The molecule has 2 atom stereocenters. The minimum Gasteiger partial charge on any atom is -0.379 e. The summed E-state index contributed by atoms with van der Waals surface area (Å²) in [6.07, 6.45) is 1.14. The quantitative estimate of drug-likeness (QED) is 0.868. The van der Waals surface area contributed by atoms with Gasteiger partial charge in [0.25, 0.3) is 0 Å². The molecular formula is C15H26N2OS. The first-order valence-corrected chi connectivity index (χ1v) is 8.25. The minimum atomic E-state index is 0.154. The average Bonchev–Trinajstić information content (AvgIpc) is 2.98. The molecule has 0 saturated carbocycles. The van der Waals surface area contributed by atoms with Gasteiger partial charge in [-0.05, 0) is 42.3 Å². The molecule has 1 aromatic rings. The Kier molecular flexibility index (Phi) is 5.39. The molecule has 1 N–H and O–H groups in total. The van der Waals surface area contributed by atoms with Crippen molar-refractivity contribution in [2.24, 2.45) is 0 Å². The maximum atomic E-state index is 5.51. The van der Waals surface area contributed by atoms with E-state index in [0.717, 1.165) is 39.3 Å². The van der Waals surface area contributed by atoms with Gasteiger partial charge in [-0.3, -0.25) is 4.90 Å². The molecule has 0 aromatic carbocycles. The fourth-order valence-corrected chi connectivity index (χ4v) is 3.71. The highest BCUT2D eigenvalue weighted by molar-refractivity contribution is 7.07. The summed E-state index contributed by atoms with van der Waals surface area (Å²) in [5, 5.41) is 8.15. The Hall–Kier alpha value is -0.420. The summed E-state index contributed by atoms with van der Waals surface area (Å²) in [7, 11) is 0. The highest BCUT2D eigenvalue weighted by Gasteiger charge is 2.39. The van der Waals surface area contributed by atoms with Gasteiger partial charge in [-0.15, -0.1) is 0 Å². The molecule has 1 aromatic heterocycles. The van der Waals surface area contributed by atoms with Gasteiger partial charge in [0, 0.05) is 18.6 Å². The van der Waals surface area contributed by atoms with Crippen LogP contribution in [-0.4, -0.2) is 43.3 Å². The summed E-state index contributed by atoms with van der Waals surface area (Å²) >= 11 is 1.78. The molecule has 1 aliphatic heterocycles. The summed E-state index contributed by atoms with van der Waals surface area (Å²) < 4.78 is 5.51. The van der Waals surface area contributed by atoms with Gasteiger partial charge in [-0.1, -0.05) is 13.8 Å². The van der Waals surface area contributed by atoms with Gasteiger partial charge in [-0.2, -0.15) is 11.3 Å². The maximum absolute atomic E-state index is 5.51. The summed E-state index contributed by atoms with van der Waals surface area (Å²) in [5.41, 5.74) is 1.57. The van der Waals surface area contributed by atoms with Crippen LogP contribution in [0.1, 0.15) is 38.8 Å². The number of hydrogen-bond donors (Lipinski definition) is 1. The number of thiophene rings is 1. The molecule has 0 spiro atoms. The third-order valence-electron chi connectivity index (χ3n) is 4.36. The average molecular weight is 282 g/mol. The van der Waals surface area contributed by atoms with E-state index in [-0.39, 0.29) is 5.54 Å². The SMILES string of the molecule is CCNC(c1ccsc1)C(C)(CC)N1CCOCC1. The second-order valence-electron chi connectivity index (χ2n) is 5.36. The van der Waals surface area contributed by atoms with Crippen LogP contribution in [0.5, 0.6) is 0 Å². The van der Waals surface area contributed by atoms with Gasteiger partial charge < -0.3 is 10.1 Å². The van der Waals surface area contributed by atoms with Crippen LogP contribution in [0, 0.1) is 0 Å². The molecule has 2 rings (SSSR count). The van der Waals surface area contributed by atoms with Crippen LogP contribution in [0.3, 0.4) is 0 Å². The van der Waals surface area contributed by atoms with E-state index in [1.165, 1.54) is 5.56 Å². The molecule has 4 heteroatoms. The highest BCUT2D eigenvalue weighted by atomic mass is 32.1. The van der Waals surface area contributed by atoms with Crippen molar-refractivity contribution in [3.63, 3.8) is 0 Å². The monoisotopic (exact) mass is 282 g/mol. The van der Waals surface area contributed by atoms with Crippen molar-refractivity contribution in [2.45, 2.75) is 38.8 Å². The molecule has 3 nitrogen and oxygen atoms in total. The number of nitrogens with zero attached hydrogens (tertiary/aromatic N) is 1. The molecular weight excluding hydrogens is 256 g/mol. The number of nitrogens with one attached hydrogen (secondary N) is 1. The largest absolute Gasteiger partial charge is 0.379 e. The first-order valence-electron chi connectivity index (χ1n) is 7.30. The van der Waals surface area contributed by atoms with E-state index in [0.29, 0.717) is 6.04 Å². The van der Waals surface area contributed by atoms with Crippen LogP contribution in [0.4, 0.5) is 0 Å². The second kappa shape index (κ2) is 6.84. The summed E-state index contributed by atoms with van der Waals surface area (Å²) in [4.78, 5) is 2.60. The van der Waals surface area contributed by atoms with E-state index < -0.39 is 0 Å². The fraction of sp³-hybridized carbons (Fsp3) is 0.733. The Morgan fingerprint density at radius 2 is 2.16 bits per heavy atom. The Morgan fingerprint density at radius 3 is 2.68 bits per heavy atom. The van der Waals surface area contributed by atoms with Crippen LogP contribution >= 0.6 is 11.3 Å². The van der Waals surface area contributed by atoms with E-state index in [1.807, 2.05) is 0 Å². The van der Waals surface area contributed by atoms with E-state index in [9.17, 15) is 0 Å². The Morgan fingerprint density at radius 1 is 1.42 bits per heavy atom. The molecule has 0 amide bonds. The first kappa shape index (κ1) is 15.0. The van der Waals surface area contributed by atoms with Crippen molar-refractivity contribution in [2.75, 3.05) is 32.8 Å². The zero-order chi connectivity index (χ0) is 13.7. The van der Waals surface area contributed by atoms with Gasteiger partial charge in [-0.25, -0.2) is 0 Å². The molecule has 2 unspecified atom stereocenters. The van der Waals surface area contributed by atoms with Crippen molar-refractivity contribution in [3.8, 4) is 0 Å². The van der Waals surface area contributed by atoms with Crippen molar-refractivity contribution < 1.29 is 4.74 Å². The highest BCUT2D eigenvalue weighted by Crippen LogP contribution is 2.35. The van der Waals surface area contributed by atoms with Gasteiger partial charge >= 0.3 is 0 Å². The lowest BCUT2D eigenvalue weighted by Crippen LogP contribution is -2.57. The molecule has 1 aliphatic rings. The molecule has 2 heterocycles. The smallest absolute Gasteiger partial charge is 0.0594 e. The molecule has 0 radical (unpaired) electrons. The molecule has 1 fully saturated rings. The standard InChI is InChI=1S/C15H26N2OS/c1-4-15(3,17-7-9-18-10-8-17)14(16-5-2)13-6-11-19-12-13/h6,11-12,14,16H,4-5,7-10H2,1-3H3. The van der Waals surface area contributed by atoms with E-state index in [1.54, 1.807) is 11.3 Å². The van der Waals surface area contributed by atoms with Gasteiger partial charge in [0.2, 0.25) is 0 Å². The van der Waals surface area contributed by atoms with Crippen molar-refractivity contribution >= 4 is 11.3 Å². The molecule has 0 aliphatic carbocycles. The Labute approximate surface area is 121 Å². The predicted molar refractivity (Wildman–Crippen MR) is 81.8 cm³/mol. The van der Waals surface area contributed by atoms with Crippen LogP contribution in [-0.2, 0) is 4.74 Å². The number of rotatable bonds is 6. The third-order valence-corrected chi connectivity index (χ3v) is 5.06. The molecule has 108 valence electrons. The number of likely N-dealkylation sites (N-methyl/N-ethyl adjacent to an activating group) is 1. The van der Waals surface area contributed by atoms with Crippen molar-refractivity contribution in [1.82, 2.24) is 10.2 Å². The molecule has 1 saturated heterocycles. The number of morpholine rings is 1. The maximum Gasteiger partial charge on any atom is 0.0594 e. The molecule has 19 heavy (non-hydrogen) atoms. The Balaban J connectivity index is 2.24. The van der Waals surface area contributed by atoms with Crippen LogP contribution in [0.15, 0.2) is 16.8 Å². The lowest BCUT2D eigenvalue weighted by atomic mass is 9.83. The lowest BCUT2D eigenvalue weighted by Gasteiger charge is -2.48. The van der Waals surface area contributed by atoms with Crippen molar-refractivity contribution in [1.29, 1.82) is 0 Å². The van der Waals surface area contributed by atoms with Gasteiger partial charge in [0.1, 0.15) is 0 Å². The molecule has 0 bridgehead atoms. The summed E-state index contributed by atoms with van der Waals surface area (Å²) in [6, 6.07) is 2.65. The minimum absolute atomic E-state index is 0.154. The zero-order valence-electron chi connectivity index (χ0n) is 12.3. The summed E-state index contributed by atoms with van der Waals surface area (Å²) in [5.74, 6) is 0. The van der Waals surface area contributed by atoms with E-state index in [4.69, 9.17) is 4.74 Å². The topological polar surface area (TPSA) is 24.5 Å². The lowest BCUT2D eigenvalue weighted by molar-refractivity contribution is -0.0326. The first-order chi connectivity index (χ1) is 9.22. The number of ether oxygens (including phenoxy) is 1. The second-order valence-corrected chi connectivity index (χ2v) is 6.14. The normalized spacial score (nSPS) is 22.1. The van der Waals surface area contributed by atoms with Crippen LogP contribution in [0.2, 0.25) is 0 Å². The summed E-state index contributed by atoms with van der Waals surface area (Å²) in [6.45, 7) is 11.7. The van der Waals surface area contributed by atoms with E-state index >= 15 is 0 Å².